The van der Waals surface area contributed by atoms with E-state index in [-0.39, 0.29) is 18.2 Å². The van der Waals surface area contributed by atoms with Gasteiger partial charge in [0.2, 0.25) is 0 Å². The zero-order valence-electron chi connectivity index (χ0n) is 9.36. The monoisotopic (exact) mass is 359 g/mol. The highest BCUT2D eigenvalue weighted by atomic mass is 127. The van der Waals surface area contributed by atoms with Gasteiger partial charge >= 0.3 is 0 Å². The number of aliphatic hydroxyl groups is 1. The number of benzene rings is 2. The molecule has 0 fully saturated rings. The molecule has 0 aliphatic heterocycles. The lowest BCUT2D eigenvalue weighted by atomic mass is 10.2. The van der Waals surface area contributed by atoms with E-state index < -0.39 is 0 Å². The quantitative estimate of drug-likeness (QED) is 0.653. The number of halogens is 2. The Bertz CT molecular complexity index is 558. The van der Waals surface area contributed by atoms with Crippen LogP contribution < -0.4 is 10.5 Å². The Kier molecular flexibility index (Phi) is 4.03. The van der Waals surface area contributed by atoms with Gasteiger partial charge in [-0.15, -0.1) is 0 Å². The van der Waals surface area contributed by atoms with Crippen LogP contribution in [0, 0.1) is 9.39 Å². The SMILES string of the molecule is Nc1cc(I)c(F)cc1Oc1ccc(CO)cc1. The molecule has 2 aromatic rings. The van der Waals surface area contributed by atoms with Crippen LogP contribution >= 0.6 is 22.6 Å². The molecule has 0 radical (unpaired) electrons. The molecule has 0 saturated carbocycles. The third kappa shape index (κ3) is 2.91. The van der Waals surface area contributed by atoms with E-state index in [1.165, 1.54) is 12.1 Å². The standard InChI is InChI=1S/C13H11FINO2/c14-10-5-13(12(16)6-11(10)15)18-9-3-1-8(7-17)2-4-9/h1-6,17H,7,16H2. The van der Waals surface area contributed by atoms with Gasteiger partial charge in [-0.1, -0.05) is 12.1 Å². The molecule has 0 aromatic heterocycles. The van der Waals surface area contributed by atoms with Crippen LogP contribution in [-0.2, 0) is 6.61 Å². The van der Waals surface area contributed by atoms with Gasteiger partial charge in [-0.05, 0) is 46.4 Å². The summed E-state index contributed by atoms with van der Waals surface area (Å²) >= 11 is 1.87. The summed E-state index contributed by atoms with van der Waals surface area (Å²) in [4.78, 5) is 0. The second-order valence-corrected chi connectivity index (χ2v) is 4.87. The summed E-state index contributed by atoms with van der Waals surface area (Å²) in [7, 11) is 0. The molecule has 94 valence electrons. The first kappa shape index (κ1) is 13.1. The number of hydrogen-bond donors (Lipinski definition) is 2. The Labute approximate surface area is 118 Å². The molecule has 3 N–H and O–H groups in total. The second-order valence-electron chi connectivity index (χ2n) is 3.71. The molecule has 0 spiro atoms. The van der Waals surface area contributed by atoms with E-state index in [4.69, 9.17) is 15.6 Å². The molecule has 18 heavy (non-hydrogen) atoms. The summed E-state index contributed by atoms with van der Waals surface area (Å²) in [6.45, 7) is -0.0272. The summed E-state index contributed by atoms with van der Waals surface area (Å²) in [6.07, 6.45) is 0. The van der Waals surface area contributed by atoms with Crippen LogP contribution in [0.3, 0.4) is 0 Å². The van der Waals surface area contributed by atoms with Crippen LogP contribution in [0.5, 0.6) is 11.5 Å². The molecule has 0 amide bonds. The number of anilines is 1. The summed E-state index contributed by atoms with van der Waals surface area (Å²) in [5.74, 6) is 0.455. The van der Waals surface area contributed by atoms with Crippen molar-refractivity contribution in [2.45, 2.75) is 6.61 Å². The smallest absolute Gasteiger partial charge is 0.153 e. The lowest BCUT2D eigenvalue weighted by molar-refractivity contribution is 0.281. The lowest BCUT2D eigenvalue weighted by Gasteiger charge is -2.09. The van der Waals surface area contributed by atoms with Gasteiger partial charge in [-0.2, -0.15) is 0 Å². The molecule has 0 atom stereocenters. The molecule has 0 unspecified atom stereocenters. The van der Waals surface area contributed by atoms with Crippen molar-refractivity contribution >= 4 is 28.3 Å². The third-order valence-electron chi connectivity index (χ3n) is 2.39. The van der Waals surface area contributed by atoms with E-state index in [1.54, 1.807) is 24.3 Å². The molecule has 0 bridgehead atoms. The van der Waals surface area contributed by atoms with Crippen molar-refractivity contribution in [1.29, 1.82) is 0 Å². The summed E-state index contributed by atoms with van der Waals surface area (Å²) in [5.41, 5.74) is 6.92. The molecule has 5 heteroatoms. The molecular formula is C13H11FINO2. The molecule has 2 rings (SSSR count). The molecule has 0 aliphatic carbocycles. The van der Waals surface area contributed by atoms with Gasteiger partial charge in [0.05, 0.1) is 15.9 Å². The molecular weight excluding hydrogens is 348 g/mol. The first-order valence-corrected chi connectivity index (χ1v) is 6.30. The topological polar surface area (TPSA) is 55.5 Å². The zero-order chi connectivity index (χ0) is 13.1. The summed E-state index contributed by atoms with van der Waals surface area (Å²) in [5, 5.41) is 8.92. The summed E-state index contributed by atoms with van der Waals surface area (Å²) in [6, 6.07) is 9.63. The van der Waals surface area contributed by atoms with Crippen molar-refractivity contribution in [3.05, 3.63) is 51.3 Å². The fraction of sp³-hybridized carbons (Fsp3) is 0.0769. The minimum absolute atomic E-state index is 0.0272. The number of aliphatic hydroxyl groups excluding tert-OH is 1. The fourth-order valence-electron chi connectivity index (χ4n) is 1.42. The maximum atomic E-state index is 13.4. The van der Waals surface area contributed by atoms with Crippen LogP contribution in [-0.4, -0.2) is 5.11 Å². The van der Waals surface area contributed by atoms with Gasteiger partial charge in [0.1, 0.15) is 11.6 Å². The van der Waals surface area contributed by atoms with Crippen molar-refractivity contribution in [3.8, 4) is 11.5 Å². The highest BCUT2D eigenvalue weighted by Crippen LogP contribution is 2.30. The van der Waals surface area contributed by atoms with Gasteiger partial charge in [-0.25, -0.2) is 4.39 Å². The van der Waals surface area contributed by atoms with Gasteiger partial charge in [-0.3, -0.25) is 0 Å². The zero-order valence-corrected chi connectivity index (χ0v) is 11.5. The highest BCUT2D eigenvalue weighted by molar-refractivity contribution is 14.1. The Balaban J connectivity index is 2.25. The highest BCUT2D eigenvalue weighted by Gasteiger charge is 2.08. The number of rotatable bonds is 3. The first-order chi connectivity index (χ1) is 8.60. The molecule has 0 saturated heterocycles. The van der Waals surface area contributed by atoms with Gasteiger partial charge in [0, 0.05) is 6.07 Å². The number of hydrogen-bond acceptors (Lipinski definition) is 3. The van der Waals surface area contributed by atoms with Crippen LogP contribution in [0.25, 0.3) is 0 Å². The minimum Gasteiger partial charge on any atom is -0.455 e. The van der Waals surface area contributed by atoms with E-state index in [1.807, 2.05) is 22.6 Å². The number of ether oxygens (including phenoxy) is 1. The minimum atomic E-state index is -0.369. The summed E-state index contributed by atoms with van der Waals surface area (Å²) < 4.78 is 19.4. The Morgan fingerprint density at radius 1 is 1.22 bits per heavy atom. The predicted octanol–water partition coefficient (Wildman–Crippen LogP) is 3.30. The van der Waals surface area contributed by atoms with Crippen LogP contribution in [0.2, 0.25) is 0 Å². The molecule has 2 aromatic carbocycles. The van der Waals surface area contributed by atoms with Crippen molar-refractivity contribution in [1.82, 2.24) is 0 Å². The van der Waals surface area contributed by atoms with Gasteiger partial charge < -0.3 is 15.6 Å². The van der Waals surface area contributed by atoms with Gasteiger partial charge in [0.25, 0.3) is 0 Å². The third-order valence-corrected chi connectivity index (χ3v) is 3.21. The van der Waals surface area contributed by atoms with Crippen LogP contribution in [0.4, 0.5) is 10.1 Å². The van der Waals surface area contributed by atoms with E-state index >= 15 is 0 Å². The maximum absolute atomic E-state index is 13.4. The van der Waals surface area contributed by atoms with E-state index in [9.17, 15) is 4.39 Å². The molecule has 0 aliphatic rings. The lowest BCUT2D eigenvalue weighted by Crippen LogP contribution is -1.95. The van der Waals surface area contributed by atoms with Crippen molar-refractivity contribution in [2.24, 2.45) is 0 Å². The Morgan fingerprint density at radius 2 is 1.89 bits per heavy atom. The first-order valence-electron chi connectivity index (χ1n) is 5.22. The van der Waals surface area contributed by atoms with Crippen molar-refractivity contribution in [3.63, 3.8) is 0 Å². The van der Waals surface area contributed by atoms with Gasteiger partial charge in [0.15, 0.2) is 5.75 Å². The van der Waals surface area contributed by atoms with Crippen LogP contribution in [0.15, 0.2) is 36.4 Å². The van der Waals surface area contributed by atoms with Crippen molar-refractivity contribution in [2.75, 3.05) is 5.73 Å². The van der Waals surface area contributed by atoms with E-state index in [2.05, 4.69) is 0 Å². The van der Waals surface area contributed by atoms with E-state index in [0.29, 0.717) is 15.0 Å². The maximum Gasteiger partial charge on any atom is 0.153 e. The van der Waals surface area contributed by atoms with Crippen molar-refractivity contribution < 1.29 is 14.2 Å². The number of nitrogen functional groups attached to an aromatic ring is 1. The largest absolute Gasteiger partial charge is 0.455 e. The average molecular weight is 359 g/mol. The molecule has 0 heterocycles. The predicted molar refractivity (Wildman–Crippen MR) is 76.0 cm³/mol. The normalized spacial score (nSPS) is 10.4. The Morgan fingerprint density at radius 3 is 2.50 bits per heavy atom. The fourth-order valence-corrected chi connectivity index (χ4v) is 1.91. The Hall–Kier alpha value is -1.34. The molecule has 3 nitrogen and oxygen atoms in total. The second kappa shape index (κ2) is 5.53. The number of nitrogens with two attached hydrogens (primary N) is 1. The average Bonchev–Trinajstić information content (AvgIpc) is 2.37. The van der Waals surface area contributed by atoms with E-state index in [0.717, 1.165) is 5.56 Å². The van der Waals surface area contributed by atoms with Crippen LogP contribution in [0.1, 0.15) is 5.56 Å².